The number of rotatable bonds is 3. The van der Waals surface area contributed by atoms with E-state index in [2.05, 4.69) is 10.3 Å². The Bertz CT molecular complexity index is 673. The van der Waals surface area contributed by atoms with Crippen LogP contribution in [-0.2, 0) is 10.1 Å². The number of anilines is 2. The van der Waals surface area contributed by atoms with Gasteiger partial charge in [0.25, 0.3) is 10.1 Å². The van der Waals surface area contributed by atoms with Gasteiger partial charge in [-0.25, -0.2) is 4.98 Å². The molecule has 0 bridgehead atoms. The normalized spacial score (nSPS) is 11.2. The average Bonchev–Trinajstić information content (AvgIpc) is 2.28. The third-order valence-electron chi connectivity index (χ3n) is 2.15. The van der Waals surface area contributed by atoms with Gasteiger partial charge in [0, 0.05) is 11.2 Å². The number of hydrogen-bond donors (Lipinski definition) is 2. The van der Waals surface area contributed by atoms with Crippen molar-refractivity contribution in [1.82, 2.24) is 4.98 Å². The Morgan fingerprint density at radius 2 is 1.94 bits per heavy atom. The van der Waals surface area contributed by atoms with Gasteiger partial charge in [-0.2, -0.15) is 8.42 Å². The Morgan fingerprint density at radius 1 is 1.22 bits per heavy atom. The Hall–Kier alpha value is -1.63. The van der Waals surface area contributed by atoms with Crippen LogP contribution in [0.4, 0.5) is 11.5 Å². The molecule has 2 N–H and O–H groups in total. The van der Waals surface area contributed by atoms with E-state index in [0.29, 0.717) is 10.8 Å². The zero-order chi connectivity index (χ0) is 13.2. The van der Waals surface area contributed by atoms with Crippen LogP contribution in [-0.4, -0.2) is 18.0 Å². The number of hydrogen-bond acceptors (Lipinski definition) is 4. The van der Waals surface area contributed by atoms with Crippen molar-refractivity contribution in [1.29, 1.82) is 0 Å². The molecule has 0 aliphatic carbocycles. The van der Waals surface area contributed by atoms with E-state index in [9.17, 15) is 8.42 Å². The van der Waals surface area contributed by atoms with Gasteiger partial charge in [-0.1, -0.05) is 23.7 Å². The monoisotopic (exact) mass is 284 g/mol. The number of aromatic nitrogens is 1. The average molecular weight is 285 g/mol. The second kappa shape index (κ2) is 4.93. The molecular formula is C11H9ClN2O3S. The van der Waals surface area contributed by atoms with Gasteiger partial charge in [0.15, 0.2) is 0 Å². The molecule has 5 nitrogen and oxygen atoms in total. The largest absolute Gasteiger partial charge is 0.339 e. The molecule has 0 radical (unpaired) electrons. The molecule has 0 spiro atoms. The maximum Gasteiger partial charge on any atom is 0.296 e. The van der Waals surface area contributed by atoms with Crippen LogP contribution in [0.2, 0.25) is 5.02 Å². The first kappa shape index (κ1) is 12.8. The van der Waals surface area contributed by atoms with Crippen LogP contribution >= 0.6 is 11.6 Å². The molecule has 7 heteroatoms. The number of para-hydroxylation sites is 1. The fraction of sp³-hybridized carbons (Fsp3) is 0. The lowest BCUT2D eigenvalue weighted by Crippen LogP contribution is -2.03. The number of nitrogens with one attached hydrogen (secondary N) is 1. The van der Waals surface area contributed by atoms with Crippen molar-refractivity contribution in [2.24, 2.45) is 0 Å². The molecule has 0 unspecified atom stereocenters. The third-order valence-corrected chi connectivity index (χ3v) is 3.30. The molecule has 1 aromatic heterocycles. The molecule has 1 aromatic carbocycles. The highest BCUT2D eigenvalue weighted by Crippen LogP contribution is 2.24. The number of nitrogens with zero attached hydrogens (tertiary/aromatic N) is 1. The second-order valence-corrected chi connectivity index (χ2v) is 5.28. The van der Waals surface area contributed by atoms with Crippen LogP contribution in [0.15, 0.2) is 47.5 Å². The van der Waals surface area contributed by atoms with Gasteiger partial charge in [-0.05, 0) is 24.3 Å². The Labute approximate surface area is 109 Å². The number of halogens is 1. The topological polar surface area (TPSA) is 79.3 Å². The maximum absolute atomic E-state index is 11.2. The van der Waals surface area contributed by atoms with Crippen molar-refractivity contribution in [3.05, 3.63) is 47.6 Å². The summed E-state index contributed by atoms with van der Waals surface area (Å²) in [7, 11) is -4.29. The molecule has 2 aromatic rings. The van der Waals surface area contributed by atoms with E-state index in [1.807, 2.05) is 0 Å². The smallest absolute Gasteiger partial charge is 0.296 e. The second-order valence-electron chi connectivity index (χ2n) is 3.46. The van der Waals surface area contributed by atoms with Gasteiger partial charge in [0.1, 0.15) is 10.7 Å². The highest BCUT2D eigenvalue weighted by Gasteiger charge is 2.14. The van der Waals surface area contributed by atoms with E-state index in [0.717, 1.165) is 0 Å². The van der Waals surface area contributed by atoms with Crippen molar-refractivity contribution in [3.63, 3.8) is 0 Å². The predicted octanol–water partition coefficient (Wildman–Crippen LogP) is 2.73. The summed E-state index contributed by atoms with van der Waals surface area (Å²) in [6, 6.07) is 9.11. The molecular weight excluding hydrogens is 276 g/mol. The Morgan fingerprint density at radius 3 is 2.61 bits per heavy atom. The van der Waals surface area contributed by atoms with Crippen LogP contribution in [0.3, 0.4) is 0 Å². The zero-order valence-corrected chi connectivity index (χ0v) is 10.6. The maximum atomic E-state index is 11.2. The van der Waals surface area contributed by atoms with E-state index in [-0.39, 0.29) is 10.6 Å². The van der Waals surface area contributed by atoms with Crippen molar-refractivity contribution >= 4 is 33.2 Å². The summed E-state index contributed by atoms with van der Waals surface area (Å²) < 4.78 is 31.4. The van der Waals surface area contributed by atoms with Crippen molar-refractivity contribution < 1.29 is 13.0 Å². The van der Waals surface area contributed by atoms with E-state index in [1.54, 1.807) is 18.2 Å². The molecule has 18 heavy (non-hydrogen) atoms. The lowest BCUT2D eigenvalue weighted by atomic mass is 10.3. The molecule has 0 saturated heterocycles. The lowest BCUT2D eigenvalue weighted by Gasteiger charge is -2.09. The van der Waals surface area contributed by atoms with E-state index in [4.69, 9.17) is 16.2 Å². The van der Waals surface area contributed by atoms with Crippen LogP contribution in [0.1, 0.15) is 0 Å². The van der Waals surface area contributed by atoms with Gasteiger partial charge < -0.3 is 5.32 Å². The van der Waals surface area contributed by atoms with E-state index >= 15 is 0 Å². The molecule has 1 heterocycles. The van der Waals surface area contributed by atoms with Gasteiger partial charge in [0.05, 0.1) is 5.69 Å². The SMILES string of the molecule is O=S(=O)(O)c1ccccc1Nc1cc(Cl)ccn1. The fourth-order valence-corrected chi connectivity index (χ4v) is 2.21. The van der Waals surface area contributed by atoms with Crippen LogP contribution in [0.5, 0.6) is 0 Å². The fourth-order valence-electron chi connectivity index (χ4n) is 1.41. The standard InChI is InChI=1S/C11H9ClN2O3S/c12-8-5-6-13-11(7-8)14-9-3-1-2-4-10(9)18(15,16)17/h1-7H,(H,13,14)(H,15,16,17). The van der Waals surface area contributed by atoms with Gasteiger partial charge in [0.2, 0.25) is 0 Å². The summed E-state index contributed by atoms with van der Waals surface area (Å²) in [5.41, 5.74) is 0.231. The minimum Gasteiger partial charge on any atom is -0.339 e. The van der Waals surface area contributed by atoms with Gasteiger partial charge in [-0.15, -0.1) is 0 Å². The van der Waals surface area contributed by atoms with Crippen LogP contribution in [0.25, 0.3) is 0 Å². The zero-order valence-electron chi connectivity index (χ0n) is 9.04. The van der Waals surface area contributed by atoms with E-state index < -0.39 is 10.1 Å². The van der Waals surface area contributed by atoms with Gasteiger partial charge >= 0.3 is 0 Å². The molecule has 0 amide bonds. The van der Waals surface area contributed by atoms with Crippen LogP contribution in [0, 0.1) is 0 Å². The van der Waals surface area contributed by atoms with Crippen molar-refractivity contribution in [3.8, 4) is 0 Å². The third kappa shape index (κ3) is 2.98. The molecule has 0 atom stereocenters. The van der Waals surface area contributed by atoms with E-state index in [1.165, 1.54) is 24.4 Å². The lowest BCUT2D eigenvalue weighted by molar-refractivity contribution is 0.483. The number of pyridine rings is 1. The predicted molar refractivity (Wildman–Crippen MR) is 68.8 cm³/mol. The van der Waals surface area contributed by atoms with Crippen molar-refractivity contribution in [2.75, 3.05) is 5.32 Å². The van der Waals surface area contributed by atoms with Crippen LogP contribution < -0.4 is 5.32 Å². The molecule has 2 rings (SSSR count). The van der Waals surface area contributed by atoms with Gasteiger partial charge in [-0.3, -0.25) is 4.55 Å². The quantitative estimate of drug-likeness (QED) is 0.847. The first-order chi connectivity index (χ1) is 8.47. The molecule has 94 valence electrons. The number of benzene rings is 1. The first-order valence-electron chi connectivity index (χ1n) is 4.92. The highest BCUT2D eigenvalue weighted by molar-refractivity contribution is 7.86. The Balaban J connectivity index is 2.41. The molecule has 0 saturated carbocycles. The molecule has 0 aliphatic rings. The summed E-state index contributed by atoms with van der Waals surface area (Å²) in [4.78, 5) is 3.77. The first-order valence-corrected chi connectivity index (χ1v) is 6.74. The minimum absolute atomic E-state index is 0.216. The molecule has 0 fully saturated rings. The minimum atomic E-state index is -4.29. The highest BCUT2D eigenvalue weighted by atomic mass is 35.5. The summed E-state index contributed by atoms with van der Waals surface area (Å²) in [5.74, 6) is 0.388. The van der Waals surface area contributed by atoms with Crippen molar-refractivity contribution in [2.45, 2.75) is 4.90 Å². The molecule has 0 aliphatic heterocycles. The summed E-state index contributed by atoms with van der Waals surface area (Å²) in [6.45, 7) is 0. The Kier molecular flexibility index (Phi) is 3.51. The summed E-state index contributed by atoms with van der Waals surface area (Å²) in [5, 5.41) is 3.25. The summed E-state index contributed by atoms with van der Waals surface area (Å²) >= 11 is 5.79. The summed E-state index contributed by atoms with van der Waals surface area (Å²) in [6.07, 6.45) is 1.49.